The molecule has 1 aliphatic rings. The van der Waals surface area contributed by atoms with Crippen molar-refractivity contribution >= 4 is 5.97 Å². The molecule has 15 heavy (non-hydrogen) atoms. The fraction of sp³-hybridized carbons (Fsp3) is 0.727. The minimum absolute atomic E-state index is 0.0143. The zero-order valence-corrected chi connectivity index (χ0v) is 9.16. The van der Waals surface area contributed by atoms with E-state index in [2.05, 4.69) is 10.1 Å². The molecule has 1 fully saturated rings. The lowest BCUT2D eigenvalue weighted by Crippen LogP contribution is -2.32. The molecule has 0 heterocycles. The van der Waals surface area contributed by atoms with Crippen molar-refractivity contribution in [2.45, 2.75) is 25.7 Å². The number of esters is 1. The molecule has 4 heteroatoms. The van der Waals surface area contributed by atoms with Gasteiger partial charge in [-0.15, -0.1) is 0 Å². The van der Waals surface area contributed by atoms with E-state index in [9.17, 15) is 9.90 Å². The van der Waals surface area contributed by atoms with E-state index in [0.717, 1.165) is 19.4 Å². The fourth-order valence-electron chi connectivity index (χ4n) is 1.99. The maximum atomic E-state index is 10.8. The third kappa shape index (κ3) is 3.55. The minimum Gasteiger partial charge on any atom is -0.466 e. The van der Waals surface area contributed by atoms with E-state index in [1.54, 1.807) is 6.20 Å². The molecule has 0 bridgehead atoms. The second kappa shape index (κ2) is 5.75. The monoisotopic (exact) mass is 213 g/mol. The van der Waals surface area contributed by atoms with E-state index >= 15 is 0 Å². The second-order valence-electron chi connectivity index (χ2n) is 4.10. The van der Waals surface area contributed by atoms with Crippen molar-refractivity contribution in [1.82, 2.24) is 5.32 Å². The minimum atomic E-state index is -0.369. The molecule has 4 nitrogen and oxygen atoms in total. The predicted octanol–water partition coefficient (Wildman–Crippen LogP) is 0.815. The molecule has 0 unspecified atom stereocenters. The summed E-state index contributed by atoms with van der Waals surface area (Å²) in [5.74, 6) is -0.369. The average Bonchev–Trinajstić information content (AvgIpc) is 2.73. The summed E-state index contributed by atoms with van der Waals surface area (Å²) in [5.41, 5.74) is 0.0143. The quantitative estimate of drug-likeness (QED) is 0.524. The van der Waals surface area contributed by atoms with Crippen molar-refractivity contribution in [3.63, 3.8) is 0 Å². The summed E-state index contributed by atoms with van der Waals surface area (Å²) in [4.78, 5) is 10.8. The molecule has 0 atom stereocenters. The Bertz CT molecular complexity index is 232. The van der Waals surface area contributed by atoms with Gasteiger partial charge in [-0.2, -0.15) is 0 Å². The summed E-state index contributed by atoms with van der Waals surface area (Å²) in [6.07, 6.45) is 7.42. The summed E-state index contributed by atoms with van der Waals surface area (Å²) in [7, 11) is 1.35. The van der Waals surface area contributed by atoms with Crippen LogP contribution in [0, 0.1) is 5.41 Å². The van der Waals surface area contributed by atoms with Gasteiger partial charge in [0.05, 0.1) is 13.7 Å². The van der Waals surface area contributed by atoms with Gasteiger partial charge in [-0.25, -0.2) is 4.79 Å². The van der Waals surface area contributed by atoms with E-state index in [1.165, 1.54) is 26.0 Å². The molecule has 0 aromatic carbocycles. The topological polar surface area (TPSA) is 58.6 Å². The first-order valence-electron chi connectivity index (χ1n) is 5.31. The van der Waals surface area contributed by atoms with E-state index in [4.69, 9.17) is 0 Å². The summed E-state index contributed by atoms with van der Waals surface area (Å²) < 4.78 is 4.46. The molecule has 1 saturated carbocycles. The Kier molecular flexibility index (Phi) is 4.62. The number of aliphatic hydroxyl groups is 1. The number of nitrogens with one attached hydrogen (secondary N) is 1. The van der Waals surface area contributed by atoms with E-state index in [-0.39, 0.29) is 18.0 Å². The molecule has 1 rings (SSSR count). The average molecular weight is 213 g/mol. The number of hydrogen-bond donors (Lipinski definition) is 2. The summed E-state index contributed by atoms with van der Waals surface area (Å²) in [6, 6.07) is 0. The number of rotatable bonds is 5. The Morgan fingerprint density at radius 1 is 1.53 bits per heavy atom. The van der Waals surface area contributed by atoms with Crippen LogP contribution in [0.2, 0.25) is 0 Å². The highest BCUT2D eigenvalue weighted by Crippen LogP contribution is 2.36. The highest BCUT2D eigenvalue weighted by Gasteiger charge is 2.32. The molecule has 0 spiro atoms. The maximum Gasteiger partial charge on any atom is 0.331 e. The molecular weight excluding hydrogens is 194 g/mol. The lowest BCUT2D eigenvalue weighted by Gasteiger charge is -2.25. The van der Waals surface area contributed by atoms with Gasteiger partial charge in [0.25, 0.3) is 0 Å². The van der Waals surface area contributed by atoms with Crippen molar-refractivity contribution in [2.24, 2.45) is 5.41 Å². The van der Waals surface area contributed by atoms with Gasteiger partial charge in [-0.1, -0.05) is 12.8 Å². The highest BCUT2D eigenvalue weighted by molar-refractivity contribution is 5.81. The Morgan fingerprint density at radius 2 is 2.20 bits per heavy atom. The molecule has 0 saturated heterocycles. The van der Waals surface area contributed by atoms with Crippen LogP contribution in [0.4, 0.5) is 0 Å². The normalized spacial score (nSPS) is 19.3. The summed E-state index contributed by atoms with van der Waals surface area (Å²) in [5, 5.41) is 12.4. The van der Waals surface area contributed by atoms with Crippen molar-refractivity contribution < 1.29 is 14.6 Å². The standard InChI is InChI=1S/C11H19NO3/c1-15-10(14)4-7-12-8-11(9-13)5-2-3-6-11/h4,7,12-13H,2-3,5-6,8-9H2,1H3/b7-4+. The first-order chi connectivity index (χ1) is 7.22. The Labute approximate surface area is 90.3 Å². The third-order valence-electron chi connectivity index (χ3n) is 3.02. The van der Waals surface area contributed by atoms with E-state index in [1.807, 2.05) is 0 Å². The molecule has 0 radical (unpaired) electrons. The van der Waals surface area contributed by atoms with Crippen LogP contribution < -0.4 is 5.32 Å². The van der Waals surface area contributed by atoms with Gasteiger partial charge < -0.3 is 15.2 Å². The summed E-state index contributed by atoms with van der Waals surface area (Å²) >= 11 is 0. The molecule has 0 aromatic rings. The molecular formula is C11H19NO3. The van der Waals surface area contributed by atoms with E-state index in [0.29, 0.717) is 0 Å². The van der Waals surface area contributed by atoms with Gasteiger partial charge >= 0.3 is 5.97 Å². The Morgan fingerprint density at radius 3 is 2.73 bits per heavy atom. The van der Waals surface area contributed by atoms with Crippen LogP contribution in [0.15, 0.2) is 12.3 Å². The number of methoxy groups -OCH3 is 1. The van der Waals surface area contributed by atoms with Crippen LogP contribution in [0.1, 0.15) is 25.7 Å². The molecule has 0 amide bonds. The second-order valence-corrected chi connectivity index (χ2v) is 4.10. The smallest absolute Gasteiger partial charge is 0.331 e. The number of aliphatic hydroxyl groups excluding tert-OH is 1. The summed E-state index contributed by atoms with van der Waals surface area (Å²) in [6.45, 7) is 0.934. The molecule has 1 aliphatic carbocycles. The zero-order valence-electron chi connectivity index (χ0n) is 9.16. The Hall–Kier alpha value is -1.03. The van der Waals surface area contributed by atoms with Gasteiger partial charge in [0.1, 0.15) is 0 Å². The van der Waals surface area contributed by atoms with Gasteiger partial charge in [-0.3, -0.25) is 0 Å². The number of carbonyl (C=O) groups excluding carboxylic acids is 1. The van der Waals surface area contributed by atoms with Crippen molar-refractivity contribution in [3.8, 4) is 0 Å². The number of hydrogen-bond acceptors (Lipinski definition) is 4. The maximum absolute atomic E-state index is 10.8. The van der Waals surface area contributed by atoms with Crippen molar-refractivity contribution in [1.29, 1.82) is 0 Å². The first-order valence-corrected chi connectivity index (χ1v) is 5.31. The van der Waals surface area contributed by atoms with Crippen LogP contribution in [0.3, 0.4) is 0 Å². The van der Waals surface area contributed by atoms with Gasteiger partial charge in [0.15, 0.2) is 0 Å². The van der Waals surface area contributed by atoms with Crippen LogP contribution in [0.25, 0.3) is 0 Å². The van der Waals surface area contributed by atoms with Gasteiger partial charge in [-0.05, 0) is 12.8 Å². The molecule has 86 valence electrons. The molecule has 0 aromatic heterocycles. The van der Waals surface area contributed by atoms with Crippen molar-refractivity contribution in [2.75, 3.05) is 20.3 Å². The third-order valence-corrected chi connectivity index (χ3v) is 3.02. The SMILES string of the molecule is COC(=O)/C=C/NCC1(CO)CCCC1. The van der Waals surface area contributed by atoms with Crippen molar-refractivity contribution in [3.05, 3.63) is 12.3 Å². The van der Waals surface area contributed by atoms with Gasteiger partial charge in [0, 0.05) is 24.2 Å². The molecule has 2 N–H and O–H groups in total. The highest BCUT2D eigenvalue weighted by atomic mass is 16.5. The predicted molar refractivity (Wildman–Crippen MR) is 57.1 cm³/mol. The van der Waals surface area contributed by atoms with E-state index < -0.39 is 0 Å². The molecule has 0 aliphatic heterocycles. The van der Waals surface area contributed by atoms with Crippen LogP contribution in [-0.2, 0) is 9.53 Å². The van der Waals surface area contributed by atoms with Crippen LogP contribution in [-0.4, -0.2) is 31.3 Å². The lowest BCUT2D eigenvalue weighted by molar-refractivity contribution is -0.134. The lowest BCUT2D eigenvalue weighted by atomic mass is 9.87. The Balaban J connectivity index is 2.29. The zero-order chi connectivity index (χ0) is 11.1. The van der Waals surface area contributed by atoms with Gasteiger partial charge in [0.2, 0.25) is 0 Å². The van der Waals surface area contributed by atoms with Crippen LogP contribution in [0.5, 0.6) is 0 Å². The largest absolute Gasteiger partial charge is 0.466 e. The number of ether oxygens (including phenoxy) is 1. The first kappa shape index (κ1) is 12.0. The van der Waals surface area contributed by atoms with Crippen LogP contribution >= 0.6 is 0 Å². The number of carbonyl (C=O) groups is 1. The fourth-order valence-corrected chi connectivity index (χ4v) is 1.99.